The zero-order chi connectivity index (χ0) is 19.9. The van der Waals surface area contributed by atoms with Crippen LogP contribution in [0, 0.1) is 0 Å². The molecule has 2 aromatic rings. The number of hydrazone groups is 1. The molecule has 0 unspecified atom stereocenters. The Hall–Kier alpha value is -3.00. The summed E-state index contributed by atoms with van der Waals surface area (Å²) in [5.41, 5.74) is 0.798. The third-order valence-corrected chi connectivity index (χ3v) is 4.87. The fourth-order valence-corrected chi connectivity index (χ4v) is 3.78. The van der Waals surface area contributed by atoms with Crippen molar-refractivity contribution in [3.05, 3.63) is 60.2 Å². The number of nitrogens with one attached hydrogen (secondary N) is 1. The van der Waals surface area contributed by atoms with Gasteiger partial charge in [0.05, 0.1) is 0 Å². The highest BCUT2D eigenvalue weighted by Gasteiger charge is 2.34. The molecule has 146 valence electrons. The van der Waals surface area contributed by atoms with Gasteiger partial charge in [0.2, 0.25) is 11.8 Å². The SMILES string of the molecule is CC(=O)NC1=NN(C(C)=O)[C@H](c2ccccc2OCCOc2ccccc2)S1. The minimum atomic E-state index is -0.411. The number of hydrogen-bond acceptors (Lipinski definition) is 6. The Labute approximate surface area is 167 Å². The zero-order valence-electron chi connectivity index (χ0n) is 15.6. The number of thioether (sulfide) groups is 1. The van der Waals surface area contributed by atoms with Crippen molar-refractivity contribution in [2.75, 3.05) is 13.2 Å². The van der Waals surface area contributed by atoms with Gasteiger partial charge in [0.15, 0.2) is 5.17 Å². The minimum Gasteiger partial charge on any atom is -0.490 e. The van der Waals surface area contributed by atoms with E-state index in [-0.39, 0.29) is 11.8 Å². The van der Waals surface area contributed by atoms with Crippen LogP contribution in [0.25, 0.3) is 0 Å². The lowest BCUT2D eigenvalue weighted by molar-refractivity contribution is -0.129. The summed E-state index contributed by atoms with van der Waals surface area (Å²) in [7, 11) is 0. The molecule has 3 rings (SSSR count). The molecule has 1 N–H and O–H groups in total. The molecule has 1 aliphatic heterocycles. The van der Waals surface area contributed by atoms with Crippen LogP contribution >= 0.6 is 11.8 Å². The first-order valence-corrected chi connectivity index (χ1v) is 9.65. The van der Waals surface area contributed by atoms with E-state index in [1.165, 1.54) is 30.6 Å². The van der Waals surface area contributed by atoms with Crippen molar-refractivity contribution in [3.8, 4) is 11.5 Å². The lowest BCUT2D eigenvalue weighted by atomic mass is 10.2. The largest absolute Gasteiger partial charge is 0.490 e. The first-order chi connectivity index (χ1) is 13.5. The molecular formula is C20H21N3O4S. The summed E-state index contributed by atoms with van der Waals surface area (Å²) >= 11 is 1.29. The van der Waals surface area contributed by atoms with Crippen molar-refractivity contribution in [1.29, 1.82) is 0 Å². The summed E-state index contributed by atoms with van der Waals surface area (Å²) in [5, 5.41) is 8.17. The molecule has 0 aromatic heterocycles. The fraction of sp³-hybridized carbons (Fsp3) is 0.250. The van der Waals surface area contributed by atoms with E-state index in [4.69, 9.17) is 9.47 Å². The van der Waals surface area contributed by atoms with Crippen LogP contribution in [0.3, 0.4) is 0 Å². The number of carbonyl (C=O) groups is 2. The molecule has 8 heteroatoms. The Morgan fingerprint density at radius 3 is 2.43 bits per heavy atom. The topological polar surface area (TPSA) is 80.2 Å². The van der Waals surface area contributed by atoms with Crippen LogP contribution in [0.4, 0.5) is 0 Å². The molecule has 0 saturated carbocycles. The number of amidine groups is 1. The quantitative estimate of drug-likeness (QED) is 0.755. The highest BCUT2D eigenvalue weighted by molar-refractivity contribution is 8.14. The maximum atomic E-state index is 12.0. The van der Waals surface area contributed by atoms with Crippen molar-refractivity contribution >= 4 is 28.7 Å². The predicted octanol–water partition coefficient (Wildman–Crippen LogP) is 3.15. The van der Waals surface area contributed by atoms with E-state index >= 15 is 0 Å². The smallest absolute Gasteiger partial charge is 0.241 e. The van der Waals surface area contributed by atoms with Crippen LogP contribution in [-0.2, 0) is 9.59 Å². The van der Waals surface area contributed by atoms with Gasteiger partial charge in [-0.1, -0.05) is 48.2 Å². The summed E-state index contributed by atoms with van der Waals surface area (Å²) in [4.78, 5) is 23.4. The van der Waals surface area contributed by atoms with Gasteiger partial charge >= 0.3 is 0 Å². The van der Waals surface area contributed by atoms with Gasteiger partial charge < -0.3 is 14.8 Å². The molecule has 0 bridgehead atoms. The van der Waals surface area contributed by atoms with E-state index in [9.17, 15) is 9.59 Å². The molecule has 0 radical (unpaired) electrons. The third-order valence-electron chi connectivity index (χ3n) is 3.79. The van der Waals surface area contributed by atoms with Crippen molar-refractivity contribution in [3.63, 3.8) is 0 Å². The summed E-state index contributed by atoms with van der Waals surface area (Å²) in [6, 6.07) is 17.0. The number of para-hydroxylation sites is 2. The number of rotatable bonds is 6. The van der Waals surface area contributed by atoms with Crippen LogP contribution in [-0.4, -0.2) is 35.2 Å². The number of hydrogen-bond donors (Lipinski definition) is 1. The molecule has 28 heavy (non-hydrogen) atoms. The molecule has 0 spiro atoms. The summed E-state index contributed by atoms with van der Waals surface area (Å²) in [6.07, 6.45) is 0. The number of nitrogens with zero attached hydrogens (tertiary/aromatic N) is 2. The number of ether oxygens (including phenoxy) is 2. The molecular weight excluding hydrogens is 378 g/mol. The van der Waals surface area contributed by atoms with Crippen LogP contribution in [0.2, 0.25) is 0 Å². The van der Waals surface area contributed by atoms with E-state index in [1.807, 2.05) is 54.6 Å². The molecule has 1 atom stereocenters. The summed E-state index contributed by atoms with van der Waals surface area (Å²) in [5.74, 6) is 0.960. The van der Waals surface area contributed by atoms with Crippen LogP contribution < -0.4 is 14.8 Å². The highest BCUT2D eigenvalue weighted by atomic mass is 32.2. The lowest BCUT2D eigenvalue weighted by Crippen LogP contribution is -2.25. The average Bonchev–Trinajstić information content (AvgIpc) is 3.09. The lowest BCUT2D eigenvalue weighted by Gasteiger charge is -2.21. The van der Waals surface area contributed by atoms with Crippen molar-refractivity contribution in [1.82, 2.24) is 10.3 Å². The van der Waals surface area contributed by atoms with Gasteiger partial charge in [-0.05, 0) is 18.2 Å². The maximum absolute atomic E-state index is 12.0. The number of amides is 2. The van der Waals surface area contributed by atoms with E-state index < -0.39 is 5.37 Å². The second-order valence-corrected chi connectivity index (χ2v) is 7.04. The van der Waals surface area contributed by atoms with E-state index in [1.54, 1.807) is 0 Å². The molecule has 1 aliphatic rings. The zero-order valence-corrected chi connectivity index (χ0v) is 16.4. The standard InChI is InChI=1S/C20H21N3O4S/c1-14(24)21-20-22-23(15(2)25)19(28-20)17-10-6-7-11-18(17)27-13-12-26-16-8-4-3-5-9-16/h3-11,19H,12-13H2,1-2H3,(H,21,22,24)/t19-/m0/s1. The molecule has 0 saturated heterocycles. The summed E-state index contributed by atoms with van der Waals surface area (Å²) < 4.78 is 11.5. The average molecular weight is 399 g/mol. The third kappa shape index (κ3) is 5.04. The van der Waals surface area contributed by atoms with E-state index in [0.29, 0.717) is 24.1 Å². The van der Waals surface area contributed by atoms with Gasteiger partial charge in [-0.15, -0.1) is 5.10 Å². The Morgan fingerprint density at radius 1 is 1.04 bits per heavy atom. The van der Waals surface area contributed by atoms with Gasteiger partial charge in [0, 0.05) is 19.4 Å². The number of carbonyl (C=O) groups excluding carboxylic acids is 2. The second-order valence-electron chi connectivity index (χ2n) is 5.97. The van der Waals surface area contributed by atoms with E-state index in [0.717, 1.165) is 11.3 Å². The van der Waals surface area contributed by atoms with E-state index in [2.05, 4.69) is 10.4 Å². The second kappa shape index (κ2) is 9.27. The Balaban J connectivity index is 1.67. The first-order valence-electron chi connectivity index (χ1n) is 8.77. The van der Waals surface area contributed by atoms with Crippen LogP contribution in [0.15, 0.2) is 59.7 Å². The molecule has 7 nitrogen and oxygen atoms in total. The Morgan fingerprint density at radius 2 is 1.71 bits per heavy atom. The highest BCUT2D eigenvalue weighted by Crippen LogP contribution is 2.42. The molecule has 1 heterocycles. The van der Waals surface area contributed by atoms with Crippen molar-refractivity contribution in [2.45, 2.75) is 19.2 Å². The monoisotopic (exact) mass is 399 g/mol. The Bertz CT molecular complexity index is 873. The predicted molar refractivity (Wildman–Crippen MR) is 108 cm³/mol. The summed E-state index contributed by atoms with van der Waals surface area (Å²) in [6.45, 7) is 3.58. The molecule has 0 fully saturated rings. The van der Waals surface area contributed by atoms with Gasteiger partial charge in [-0.25, -0.2) is 5.01 Å². The first kappa shape index (κ1) is 19.8. The van der Waals surface area contributed by atoms with Crippen LogP contribution in [0.5, 0.6) is 11.5 Å². The maximum Gasteiger partial charge on any atom is 0.241 e. The molecule has 2 aromatic carbocycles. The van der Waals surface area contributed by atoms with Gasteiger partial charge in [0.25, 0.3) is 0 Å². The van der Waals surface area contributed by atoms with Gasteiger partial charge in [-0.3, -0.25) is 9.59 Å². The van der Waals surface area contributed by atoms with Gasteiger partial charge in [0.1, 0.15) is 30.1 Å². The number of benzene rings is 2. The Kier molecular flexibility index (Phi) is 6.54. The molecule has 2 amide bonds. The van der Waals surface area contributed by atoms with Crippen molar-refractivity contribution in [2.24, 2.45) is 5.10 Å². The van der Waals surface area contributed by atoms with Crippen LogP contribution in [0.1, 0.15) is 24.8 Å². The van der Waals surface area contributed by atoms with Crippen molar-refractivity contribution < 1.29 is 19.1 Å². The normalized spacial score (nSPS) is 15.7. The van der Waals surface area contributed by atoms with Gasteiger partial charge in [-0.2, -0.15) is 0 Å². The fourth-order valence-electron chi connectivity index (χ4n) is 2.61. The molecule has 0 aliphatic carbocycles. The minimum absolute atomic E-state index is 0.222.